The number of likely N-dealkylation sites (tertiary alicyclic amines) is 1. The van der Waals surface area contributed by atoms with Crippen LogP contribution >= 0.6 is 0 Å². The number of aliphatic carboxylic acids is 1. The topological polar surface area (TPSA) is 69.6 Å². The van der Waals surface area contributed by atoms with Gasteiger partial charge in [0.05, 0.1) is 5.41 Å². The molecule has 5 nitrogen and oxygen atoms in total. The zero-order valence-electron chi connectivity index (χ0n) is 12.3. The minimum atomic E-state index is -0.787. The molecule has 1 aromatic carbocycles. The lowest BCUT2D eigenvalue weighted by Gasteiger charge is -2.39. The molecule has 114 valence electrons. The van der Waals surface area contributed by atoms with Crippen molar-refractivity contribution in [1.82, 2.24) is 10.2 Å². The number of nitrogens with one attached hydrogen (secondary N) is 1. The standard InChI is InChI=1S/C16H22N2O3/c1-17-14(19)7-10-18-11-8-16(9-12-18,15(20)21)13-5-3-2-4-6-13/h2-6H,7-12H2,1H3,(H,17,19)(H,20,21). The molecule has 1 heterocycles. The van der Waals surface area contributed by atoms with Crippen LogP contribution in [0.3, 0.4) is 0 Å². The summed E-state index contributed by atoms with van der Waals surface area (Å²) in [6.07, 6.45) is 1.63. The number of piperidine rings is 1. The molecule has 1 fully saturated rings. The van der Waals surface area contributed by atoms with E-state index < -0.39 is 11.4 Å². The summed E-state index contributed by atoms with van der Waals surface area (Å²) >= 11 is 0. The SMILES string of the molecule is CNC(=O)CCN1CCC(C(=O)O)(c2ccccc2)CC1. The smallest absolute Gasteiger partial charge is 0.314 e. The maximum atomic E-state index is 11.8. The Morgan fingerprint density at radius 3 is 2.38 bits per heavy atom. The van der Waals surface area contributed by atoms with Gasteiger partial charge in [-0.15, -0.1) is 0 Å². The van der Waals surface area contributed by atoms with E-state index in [1.165, 1.54) is 0 Å². The van der Waals surface area contributed by atoms with Crippen molar-refractivity contribution >= 4 is 11.9 Å². The van der Waals surface area contributed by atoms with E-state index in [1.807, 2.05) is 30.3 Å². The summed E-state index contributed by atoms with van der Waals surface area (Å²) in [5, 5.41) is 12.3. The first-order valence-electron chi connectivity index (χ1n) is 7.30. The zero-order chi connectivity index (χ0) is 15.3. The molecule has 0 bridgehead atoms. The average Bonchev–Trinajstić information content (AvgIpc) is 2.53. The van der Waals surface area contributed by atoms with E-state index in [2.05, 4.69) is 10.2 Å². The van der Waals surface area contributed by atoms with Crippen molar-refractivity contribution in [2.45, 2.75) is 24.7 Å². The Labute approximate surface area is 125 Å². The molecule has 21 heavy (non-hydrogen) atoms. The van der Waals surface area contributed by atoms with Crippen LogP contribution in [0.15, 0.2) is 30.3 Å². The van der Waals surface area contributed by atoms with Crippen molar-refractivity contribution in [2.24, 2.45) is 0 Å². The second kappa shape index (κ2) is 6.72. The monoisotopic (exact) mass is 290 g/mol. The lowest BCUT2D eigenvalue weighted by molar-refractivity contribution is -0.146. The molecule has 1 aliphatic heterocycles. The number of benzene rings is 1. The molecule has 2 N–H and O–H groups in total. The highest BCUT2D eigenvalue weighted by atomic mass is 16.4. The fourth-order valence-corrected chi connectivity index (χ4v) is 2.93. The van der Waals surface area contributed by atoms with Gasteiger partial charge in [-0.25, -0.2) is 0 Å². The fraction of sp³-hybridized carbons (Fsp3) is 0.500. The second-order valence-corrected chi connectivity index (χ2v) is 5.52. The molecule has 1 aliphatic rings. The minimum absolute atomic E-state index is 0.0214. The van der Waals surface area contributed by atoms with Gasteiger partial charge in [0.25, 0.3) is 0 Å². The fourth-order valence-electron chi connectivity index (χ4n) is 2.93. The van der Waals surface area contributed by atoms with Crippen molar-refractivity contribution < 1.29 is 14.7 Å². The summed E-state index contributed by atoms with van der Waals surface area (Å²) in [4.78, 5) is 25.3. The summed E-state index contributed by atoms with van der Waals surface area (Å²) in [5.74, 6) is -0.729. The third kappa shape index (κ3) is 3.42. The van der Waals surface area contributed by atoms with E-state index in [9.17, 15) is 14.7 Å². The van der Waals surface area contributed by atoms with Crippen molar-refractivity contribution in [1.29, 1.82) is 0 Å². The average molecular weight is 290 g/mol. The van der Waals surface area contributed by atoms with Gasteiger partial charge in [-0.05, 0) is 31.5 Å². The number of rotatable bonds is 5. The molecule has 0 radical (unpaired) electrons. The quantitative estimate of drug-likeness (QED) is 0.856. The van der Waals surface area contributed by atoms with Gasteiger partial charge < -0.3 is 15.3 Å². The Balaban J connectivity index is 2.02. The van der Waals surface area contributed by atoms with Crippen LogP contribution in [0.2, 0.25) is 0 Å². The molecule has 0 aromatic heterocycles. The van der Waals surface area contributed by atoms with Gasteiger partial charge in [-0.2, -0.15) is 0 Å². The molecular weight excluding hydrogens is 268 g/mol. The summed E-state index contributed by atoms with van der Waals surface area (Å²) in [6, 6.07) is 9.47. The summed E-state index contributed by atoms with van der Waals surface area (Å²) in [7, 11) is 1.63. The summed E-state index contributed by atoms with van der Waals surface area (Å²) in [6.45, 7) is 2.10. The van der Waals surface area contributed by atoms with Gasteiger partial charge in [0.2, 0.25) is 5.91 Å². The predicted octanol–water partition coefficient (Wildman–Crippen LogP) is 1.24. The lowest BCUT2D eigenvalue weighted by atomic mass is 9.73. The first-order valence-corrected chi connectivity index (χ1v) is 7.30. The molecular formula is C16H22N2O3. The van der Waals surface area contributed by atoms with Crippen LogP contribution < -0.4 is 5.32 Å². The normalized spacial score (nSPS) is 18.1. The number of amides is 1. The Kier molecular flexibility index (Phi) is 4.96. The molecule has 1 aromatic rings. The number of nitrogens with zero attached hydrogens (tertiary/aromatic N) is 1. The van der Waals surface area contributed by atoms with E-state index in [-0.39, 0.29) is 5.91 Å². The van der Waals surface area contributed by atoms with E-state index in [0.717, 1.165) is 5.56 Å². The Hall–Kier alpha value is -1.88. The number of carbonyl (C=O) groups is 2. The van der Waals surface area contributed by atoms with Gasteiger partial charge in [-0.3, -0.25) is 9.59 Å². The Bertz CT molecular complexity index is 494. The van der Waals surface area contributed by atoms with Crippen molar-refractivity contribution in [2.75, 3.05) is 26.7 Å². The minimum Gasteiger partial charge on any atom is -0.481 e. The van der Waals surface area contributed by atoms with Crippen LogP contribution in [0.25, 0.3) is 0 Å². The molecule has 1 amide bonds. The number of hydrogen-bond acceptors (Lipinski definition) is 3. The van der Waals surface area contributed by atoms with E-state index in [0.29, 0.717) is 38.9 Å². The van der Waals surface area contributed by atoms with Crippen molar-refractivity contribution in [3.63, 3.8) is 0 Å². The maximum absolute atomic E-state index is 11.8. The molecule has 5 heteroatoms. The van der Waals surface area contributed by atoms with Gasteiger partial charge in [-0.1, -0.05) is 30.3 Å². The van der Waals surface area contributed by atoms with E-state index in [1.54, 1.807) is 7.05 Å². The van der Waals surface area contributed by atoms with Gasteiger partial charge in [0.1, 0.15) is 0 Å². The first-order chi connectivity index (χ1) is 10.1. The molecule has 0 spiro atoms. The summed E-state index contributed by atoms with van der Waals surface area (Å²) in [5.41, 5.74) is 0.0913. The highest BCUT2D eigenvalue weighted by Gasteiger charge is 2.42. The highest BCUT2D eigenvalue weighted by molar-refractivity contribution is 5.81. The van der Waals surface area contributed by atoms with Crippen LogP contribution in [-0.2, 0) is 15.0 Å². The van der Waals surface area contributed by atoms with E-state index >= 15 is 0 Å². The molecule has 0 atom stereocenters. The van der Waals surface area contributed by atoms with Crippen LogP contribution in [0.5, 0.6) is 0 Å². The number of hydrogen-bond donors (Lipinski definition) is 2. The van der Waals surface area contributed by atoms with Crippen molar-refractivity contribution in [3.05, 3.63) is 35.9 Å². The predicted molar refractivity (Wildman–Crippen MR) is 80.1 cm³/mol. The van der Waals surface area contributed by atoms with Crippen LogP contribution in [0.1, 0.15) is 24.8 Å². The van der Waals surface area contributed by atoms with Crippen LogP contribution in [0, 0.1) is 0 Å². The third-order valence-corrected chi connectivity index (χ3v) is 4.38. The number of carbonyl (C=O) groups excluding carboxylic acids is 1. The molecule has 0 aliphatic carbocycles. The zero-order valence-corrected chi connectivity index (χ0v) is 12.3. The van der Waals surface area contributed by atoms with Gasteiger partial charge in [0, 0.05) is 20.0 Å². The van der Waals surface area contributed by atoms with Gasteiger partial charge >= 0.3 is 5.97 Å². The Morgan fingerprint density at radius 1 is 1.24 bits per heavy atom. The summed E-state index contributed by atoms with van der Waals surface area (Å²) < 4.78 is 0. The van der Waals surface area contributed by atoms with Crippen LogP contribution in [0.4, 0.5) is 0 Å². The second-order valence-electron chi connectivity index (χ2n) is 5.52. The maximum Gasteiger partial charge on any atom is 0.314 e. The Morgan fingerprint density at radius 2 is 1.86 bits per heavy atom. The number of carboxylic acids is 1. The molecule has 2 rings (SSSR count). The molecule has 0 saturated carbocycles. The largest absolute Gasteiger partial charge is 0.481 e. The van der Waals surface area contributed by atoms with Gasteiger partial charge in [0.15, 0.2) is 0 Å². The number of carboxylic acid groups (broad SMARTS) is 1. The third-order valence-electron chi connectivity index (χ3n) is 4.38. The van der Waals surface area contributed by atoms with Crippen molar-refractivity contribution in [3.8, 4) is 0 Å². The highest BCUT2D eigenvalue weighted by Crippen LogP contribution is 2.35. The first kappa shape index (κ1) is 15.5. The van der Waals surface area contributed by atoms with E-state index in [4.69, 9.17) is 0 Å². The lowest BCUT2D eigenvalue weighted by Crippen LogP contribution is -2.47. The van der Waals surface area contributed by atoms with Crippen LogP contribution in [-0.4, -0.2) is 48.6 Å². The molecule has 0 unspecified atom stereocenters. The molecule has 1 saturated heterocycles.